The number of H-pyrrole nitrogens is 1. The summed E-state index contributed by atoms with van der Waals surface area (Å²) in [6.07, 6.45) is 3.60. The number of hydrogen-bond donors (Lipinski definition) is 2. The molecule has 1 amide bonds. The van der Waals surface area contributed by atoms with E-state index in [1.807, 2.05) is 37.4 Å². The highest BCUT2D eigenvalue weighted by Crippen LogP contribution is 2.35. The third-order valence-electron chi connectivity index (χ3n) is 5.19. The number of nitro groups is 1. The Kier molecular flexibility index (Phi) is 5.34. The van der Waals surface area contributed by atoms with Gasteiger partial charge in [0.2, 0.25) is 5.91 Å². The number of hydrogen-bond acceptors (Lipinski definition) is 4. The van der Waals surface area contributed by atoms with Crippen LogP contribution in [0.4, 0.5) is 5.69 Å². The largest absolute Gasteiger partial charge is 0.467 e. The second-order valence-corrected chi connectivity index (χ2v) is 7.25. The van der Waals surface area contributed by atoms with Crippen LogP contribution < -0.4 is 5.32 Å². The van der Waals surface area contributed by atoms with Crippen LogP contribution in [-0.4, -0.2) is 15.8 Å². The number of aromatic amines is 1. The molecule has 4 aromatic rings. The molecule has 0 saturated carbocycles. The number of nitrogens with one attached hydrogen (secondary N) is 2. The molecule has 0 aliphatic carbocycles. The van der Waals surface area contributed by atoms with Gasteiger partial charge in [-0.15, -0.1) is 0 Å². The highest BCUT2D eigenvalue weighted by atomic mass is 16.6. The number of carbonyl (C=O) groups is 1. The summed E-state index contributed by atoms with van der Waals surface area (Å²) in [7, 11) is 0. The number of fused-ring (bicyclic) bond motifs is 1. The van der Waals surface area contributed by atoms with Crippen molar-refractivity contribution in [3.63, 3.8) is 0 Å². The summed E-state index contributed by atoms with van der Waals surface area (Å²) >= 11 is 0. The first kappa shape index (κ1) is 19.4. The van der Waals surface area contributed by atoms with Crippen LogP contribution in [0.5, 0.6) is 0 Å². The van der Waals surface area contributed by atoms with Gasteiger partial charge in [0.25, 0.3) is 5.69 Å². The number of aromatic nitrogens is 1. The van der Waals surface area contributed by atoms with E-state index >= 15 is 0 Å². The summed E-state index contributed by atoms with van der Waals surface area (Å²) < 4.78 is 5.27. The number of carbonyl (C=O) groups excluding carboxylic acids is 1. The standard InChI is InChI=1S/C23H21N3O4/c1-15-4-6-16(7-5-15)19(12-23(27)25-13-18-3-2-10-30-18)21-14-24-22-9-8-17(26(28)29)11-20(21)22/h2-11,14,19,24H,12-13H2,1H3,(H,25,27). The first-order chi connectivity index (χ1) is 14.5. The van der Waals surface area contributed by atoms with E-state index in [0.717, 1.165) is 27.6 Å². The lowest BCUT2D eigenvalue weighted by atomic mass is 9.87. The van der Waals surface area contributed by atoms with E-state index in [1.165, 1.54) is 6.07 Å². The molecule has 0 saturated heterocycles. The second kappa shape index (κ2) is 8.24. The lowest BCUT2D eigenvalue weighted by Gasteiger charge is -2.17. The van der Waals surface area contributed by atoms with Gasteiger partial charge in [0.05, 0.1) is 17.7 Å². The number of nitro benzene ring substituents is 1. The van der Waals surface area contributed by atoms with Gasteiger partial charge in [-0.25, -0.2) is 0 Å². The van der Waals surface area contributed by atoms with Crippen molar-refractivity contribution < 1.29 is 14.1 Å². The number of rotatable bonds is 7. The summed E-state index contributed by atoms with van der Waals surface area (Å²) in [5.74, 6) is 0.299. The van der Waals surface area contributed by atoms with Crippen molar-refractivity contribution in [3.8, 4) is 0 Å². The maximum Gasteiger partial charge on any atom is 0.270 e. The number of furan rings is 1. The molecule has 0 spiro atoms. The summed E-state index contributed by atoms with van der Waals surface area (Å²) in [5.41, 5.74) is 3.76. The van der Waals surface area contributed by atoms with Gasteiger partial charge in [0.1, 0.15) is 5.76 Å². The molecule has 2 aromatic carbocycles. The van der Waals surface area contributed by atoms with Gasteiger partial charge in [-0.05, 0) is 36.2 Å². The Hall–Kier alpha value is -3.87. The molecule has 152 valence electrons. The van der Waals surface area contributed by atoms with Crippen LogP contribution in [0, 0.1) is 17.0 Å². The fraction of sp³-hybridized carbons (Fsp3) is 0.174. The maximum absolute atomic E-state index is 12.7. The van der Waals surface area contributed by atoms with E-state index in [2.05, 4.69) is 10.3 Å². The van der Waals surface area contributed by atoms with E-state index in [4.69, 9.17) is 4.42 Å². The Morgan fingerprint density at radius 3 is 2.70 bits per heavy atom. The van der Waals surface area contributed by atoms with Crippen LogP contribution in [0.15, 0.2) is 71.5 Å². The highest BCUT2D eigenvalue weighted by Gasteiger charge is 2.22. The molecule has 0 fully saturated rings. The minimum absolute atomic E-state index is 0.0216. The fourth-order valence-corrected chi connectivity index (χ4v) is 3.59. The van der Waals surface area contributed by atoms with Crippen molar-refractivity contribution in [1.82, 2.24) is 10.3 Å². The van der Waals surface area contributed by atoms with Gasteiger partial charge >= 0.3 is 0 Å². The van der Waals surface area contributed by atoms with Gasteiger partial charge < -0.3 is 14.7 Å². The number of nitrogens with zero attached hydrogens (tertiary/aromatic N) is 1. The molecule has 7 heteroatoms. The maximum atomic E-state index is 12.7. The van der Waals surface area contributed by atoms with Crippen LogP contribution in [0.1, 0.15) is 34.8 Å². The lowest BCUT2D eigenvalue weighted by molar-refractivity contribution is -0.384. The zero-order valence-electron chi connectivity index (χ0n) is 16.4. The topological polar surface area (TPSA) is 101 Å². The fourth-order valence-electron chi connectivity index (χ4n) is 3.59. The van der Waals surface area contributed by atoms with E-state index < -0.39 is 4.92 Å². The molecule has 0 radical (unpaired) electrons. The van der Waals surface area contributed by atoms with Crippen molar-refractivity contribution in [2.45, 2.75) is 25.8 Å². The van der Waals surface area contributed by atoms with Crippen molar-refractivity contribution in [3.05, 3.63) is 99.6 Å². The van der Waals surface area contributed by atoms with Gasteiger partial charge in [-0.3, -0.25) is 14.9 Å². The van der Waals surface area contributed by atoms with Crippen molar-refractivity contribution in [1.29, 1.82) is 0 Å². The molecule has 2 heterocycles. The molecule has 7 nitrogen and oxygen atoms in total. The van der Waals surface area contributed by atoms with Crippen LogP contribution >= 0.6 is 0 Å². The Morgan fingerprint density at radius 1 is 1.20 bits per heavy atom. The van der Waals surface area contributed by atoms with Crippen molar-refractivity contribution in [2.75, 3.05) is 0 Å². The SMILES string of the molecule is Cc1ccc(C(CC(=O)NCc2ccco2)c2c[nH]c3ccc([N+](=O)[O-])cc23)cc1. The molecule has 0 aliphatic heterocycles. The van der Waals surface area contributed by atoms with Crippen LogP contribution in [-0.2, 0) is 11.3 Å². The lowest BCUT2D eigenvalue weighted by Crippen LogP contribution is -2.24. The number of benzene rings is 2. The van der Waals surface area contributed by atoms with Crippen molar-refractivity contribution >= 4 is 22.5 Å². The first-order valence-electron chi connectivity index (χ1n) is 9.62. The monoisotopic (exact) mass is 403 g/mol. The average molecular weight is 403 g/mol. The third-order valence-corrected chi connectivity index (χ3v) is 5.19. The summed E-state index contributed by atoms with van der Waals surface area (Å²) in [6, 6.07) is 16.3. The smallest absolute Gasteiger partial charge is 0.270 e. The Morgan fingerprint density at radius 2 is 2.00 bits per heavy atom. The molecule has 0 aliphatic rings. The van der Waals surface area contributed by atoms with Crippen LogP contribution in [0.2, 0.25) is 0 Å². The van der Waals surface area contributed by atoms with Crippen molar-refractivity contribution in [2.24, 2.45) is 0 Å². The summed E-state index contributed by atoms with van der Waals surface area (Å²) in [5, 5.41) is 14.9. The molecule has 1 unspecified atom stereocenters. The van der Waals surface area contributed by atoms with E-state index in [1.54, 1.807) is 30.5 Å². The van der Waals surface area contributed by atoms with Crippen LogP contribution in [0.3, 0.4) is 0 Å². The molecule has 2 aromatic heterocycles. The molecule has 0 bridgehead atoms. The molecule has 1 atom stereocenters. The first-order valence-corrected chi connectivity index (χ1v) is 9.62. The molecule has 30 heavy (non-hydrogen) atoms. The molecular formula is C23H21N3O4. The molecule has 4 rings (SSSR count). The van der Waals surface area contributed by atoms with Gasteiger partial charge in [0.15, 0.2) is 0 Å². The highest BCUT2D eigenvalue weighted by molar-refractivity contribution is 5.87. The predicted octanol–water partition coefficient (Wildman–Crippen LogP) is 4.82. The van der Waals surface area contributed by atoms with Crippen LogP contribution in [0.25, 0.3) is 10.9 Å². The van der Waals surface area contributed by atoms with E-state index in [0.29, 0.717) is 12.3 Å². The van der Waals surface area contributed by atoms with E-state index in [9.17, 15) is 14.9 Å². The Labute approximate surface area is 172 Å². The van der Waals surface area contributed by atoms with Gasteiger partial charge in [-0.2, -0.15) is 0 Å². The average Bonchev–Trinajstić information content (AvgIpc) is 3.40. The van der Waals surface area contributed by atoms with E-state index in [-0.39, 0.29) is 23.9 Å². The second-order valence-electron chi connectivity index (χ2n) is 7.25. The molecule has 2 N–H and O–H groups in total. The normalized spacial score (nSPS) is 12.0. The van der Waals surface area contributed by atoms with Gasteiger partial charge in [-0.1, -0.05) is 29.8 Å². The summed E-state index contributed by atoms with van der Waals surface area (Å²) in [4.78, 5) is 26.7. The quantitative estimate of drug-likeness (QED) is 0.341. The number of non-ortho nitro benzene ring substituents is 1. The number of aryl methyl sites for hydroxylation is 1. The minimum atomic E-state index is -0.410. The minimum Gasteiger partial charge on any atom is -0.467 e. The third kappa shape index (κ3) is 4.10. The molecular weight excluding hydrogens is 382 g/mol. The van der Waals surface area contributed by atoms with Gasteiger partial charge in [0, 0.05) is 41.6 Å². The zero-order valence-corrected chi connectivity index (χ0v) is 16.4. The zero-order chi connectivity index (χ0) is 21.1. The Balaban J connectivity index is 1.67. The predicted molar refractivity (Wildman–Crippen MR) is 113 cm³/mol. The Bertz CT molecular complexity index is 1180. The number of amides is 1. The summed E-state index contributed by atoms with van der Waals surface area (Å²) in [6.45, 7) is 2.32.